The van der Waals surface area contributed by atoms with Gasteiger partial charge in [-0.15, -0.1) is 0 Å². The van der Waals surface area contributed by atoms with Crippen LogP contribution < -0.4 is 4.90 Å². The molecule has 0 bridgehead atoms. The molecule has 5 nitrogen and oxygen atoms in total. The number of carbonyl (C=O) groups excluding carboxylic acids is 2. The van der Waals surface area contributed by atoms with Crippen LogP contribution in [0.2, 0.25) is 0 Å². The minimum atomic E-state index is -1.18. The molecule has 0 radical (unpaired) electrons. The summed E-state index contributed by atoms with van der Waals surface area (Å²) >= 11 is 0. The van der Waals surface area contributed by atoms with E-state index < -0.39 is 23.6 Å². The number of hydrogen-bond acceptors (Lipinski definition) is 5. The Bertz CT molecular complexity index is 543. The van der Waals surface area contributed by atoms with Gasteiger partial charge in [0, 0.05) is 39.5 Å². The Morgan fingerprint density at radius 3 is 2.00 bits per heavy atom. The fourth-order valence-electron chi connectivity index (χ4n) is 2.74. The number of ether oxygens (including phenoxy) is 2. The second-order valence-corrected chi connectivity index (χ2v) is 6.22. The Labute approximate surface area is 131 Å². The maximum atomic E-state index is 12.2. The third-order valence-corrected chi connectivity index (χ3v) is 3.88. The zero-order valence-corrected chi connectivity index (χ0v) is 13.8. The molecule has 0 aromatic heterocycles. The second kappa shape index (κ2) is 5.99. The summed E-state index contributed by atoms with van der Waals surface area (Å²) in [7, 11) is 3.93. The summed E-state index contributed by atoms with van der Waals surface area (Å²) in [6.07, 6.45) is 0.649. The molecule has 0 spiro atoms. The van der Waals surface area contributed by atoms with Gasteiger partial charge in [-0.1, -0.05) is 19.1 Å². The summed E-state index contributed by atoms with van der Waals surface area (Å²) in [5, 5.41) is 0. The quantitative estimate of drug-likeness (QED) is 0.632. The van der Waals surface area contributed by atoms with Gasteiger partial charge in [-0.2, -0.15) is 0 Å². The standard InChI is InChI=1S/C17H23NO4/c1-6-13(11-7-9-12(10-8-11)18(4)5)14-15(19)21-17(2,3)22-16(14)20/h7-10,13-14H,6H2,1-5H3/t13-/m1/s1. The van der Waals surface area contributed by atoms with Crippen molar-refractivity contribution in [2.24, 2.45) is 5.92 Å². The van der Waals surface area contributed by atoms with E-state index in [-0.39, 0.29) is 5.92 Å². The van der Waals surface area contributed by atoms with Crippen molar-refractivity contribution in [2.75, 3.05) is 19.0 Å². The zero-order valence-electron chi connectivity index (χ0n) is 13.8. The number of nitrogens with zero attached hydrogens (tertiary/aromatic N) is 1. The maximum absolute atomic E-state index is 12.2. The lowest BCUT2D eigenvalue weighted by molar-refractivity contribution is -0.241. The number of anilines is 1. The molecule has 22 heavy (non-hydrogen) atoms. The van der Waals surface area contributed by atoms with E-state index >= 15 is 0 Å². The van der Waals surface area contributed by atoms with Gasteiger partial charge in [-0.3, -0.25) is 9.59 Å². The van der Waals surface area contributed by atoms with Crippen molar-refractivity contribution < 1.29 is 19.1 Å². The maximum Gasteiger partial charge on any atom is 0.324 e. The number of carbonyl (C=O) groups is 2. The van der Waals surface area contributed by atoms with Gasteiger partial charge in [0.2, 0.25) is 0 Å². The summed E-state index contributed by atoms with van der Waals surface area (Å²) < 4.78 is 10.5. The molecule has 1 aromatic carbocycles. The molecule has 5 heteroatoms. The third kappa shape index (κ3) is 3.24. The first-order chi connectivity index (χ1) is 10.2. The van der Waals surface area contributed by atoms with Crippen molar-refractivity contribution in [1.82, 2.24) is 0 Å². The van der Waals surface area contributed by atoms with Crippen LogP contribution in [0.25, 0.3) is 0 Å². The molecule has 0 unspecified atom stereocenters. The van der Waals surface area contributed by atoms with Gasteiger partial charge in [0.1, 0.15) is 0 Å². The smallest absolute Gasteiger partial charge is 0.324 e. The van der Waals surface area contributed by atoms with E-state index in [9.17, 15) is 9.59 Å². The molecule has 120 valence electrons. The van der Waals surface area contributed by atoms with Crippen LogP contribution in [0.15, 0.2) is 24.3 Å². The molecule has 0 aliphatic carbocycles. The number of cyclic esters (lactones) is 2. The van der Waals surface area contributed by atoms with E-state index in [2.05, 4.69) is 0 Å². The van der Waals surface area contributed by atoms with Crippen LogP contribution in [0, 0.1) is 5.92 Å². The van der Waals surface area contributed by atoms with E-state index in [1.165, 1.54) is 0 Å². The summed E-state index contributed by atoms with van der Waals surface area (Å²) in [5.74, 6) is -3.34. The van der Waals surface area contributed by atoms with Crippen molar-refractivity contribution >= 4 is 17.6 Å². The Hall–Kier alpha value is -2.04. The van der Waals surface area contributed by atoms with E-state index in [0.717, 1.165) is 11.3 Å². The van der Waals surface area contributed by atoms with Crippen molar-refractivity contribution in [3.05, 3.63) is 29.8 Å². The lowest BCUT2D eigenvalue weighted by Gasteiger charge is -2.35. The highest BCUT2D eigenvalue weighted by Gasteiger charge is 2.46. The number of rotatable bonds is 4. The molecule has 2 rings (SSSR count). The number of esters is 2. The first-order valence-corrected chi connectivity index (χ1v) is 7.48. The normalized spacial score (nSPS) is 19.3. The van der Waals surface area contributed by atoms with E-state index in [0.29, 0.717) is 6.42 Å². The average molecular weight is 305 g/mol. The van der Waals surface area contributed by atoms with Gasteiger partial charge in [0.25, 0.3) is 5.79 Å². The van der Waals surface area contributed by atoms with E-state index in [4.69, 9.17) is 9.47 Å². The average Bonchev–Trinajstić information content (AvgIpc) is 2.41. The highest BCUT2D eigenvalue weighted by atomic mass is 16.7. The van der Waals surface area contributed by atoms with Crippen LogP contribution in [-0.4, -0.2) is 31.8 Å². The summed E-state index contributed by atoms with van der Waals surface area (Å²) in [6.45, 7) is 5.07. The zero-order chi connectivity index (χ0) is 16.5. The van der Waals surface area contributed by atoms with Crippen LogP contribution in [0.5, 0.6) is 0 Å². The lowest BCUT2D eigenvalue weighted by atomic mass is 9.83. The van der Waals surface area contributed by atoms with Gasteiger partial charge in [-0.05, 0) is 24.1 Å². The van der Waals surface area contributed by atoms with Gasteiger partial charge in [0.05, 0.1) is 0 Å². The predicted molar refractivity (Wildman–Crippen MR) is 83.6 cm³/mol. The molecule has 1 fully saturated rings. The molecule has 0 saturated carbocycles. The first kappa shape index (κ1) is 16.3. The van der Waals surface area contributed by atoms with Crippen LogP contribution in [0.4, 0.5) is 5.69 Å². The van der Waals surface area contributed by atoms with Crippen molar-refractivity contribution in [2.45, 2.75) is 38.9 Å². The number of benzene rings is 1. The van der Waals surface area contributed by atoms with Gasteiger partial charge >= 0.3 is 11.9 Å². The van der Waals surface area contributed by atoms with Crippen LogP contribution in [0.3, 0.4) is 0 Å². The fourth-order valence-corrected chi connectivity index (χ4v) is 2.74. The molecule has 1 aliphatic heterocycles. The largest absolute Gasteiger partial charge is 0.422 e. The highest BCUT2D eigenvalue weighted by Crippen LogP contribution is 2.35. The van der Waals surface area contributed by atoms with E-state index in [1.807, 2.05) is 50.2 Å². The van der Waals surface area contributed by atoms with Crippen LogP contribution in [-0.2, 0) is 19.1 Å². The molecule has 1 saturated heterocycles. The third-order valence-electron chi connectivity index (χ3n) is 3.88. The molecule has 1 aliphatic rings. The summed E-state index contributed by atoms with van der Waals surface area (Å²) in [5.41, 5.74) is 2.00. The first-order valence-electron chi connectivity index (χ1n) is 7.48. The molecule has 1 aromatic rings. The molecule has 1 heterocycles. The molecular formula is C17H23NO4. The summed E-state index contributed by atoms with van der Waals surface area (Å²) in [4.78, 5) is 26.5. The van der Waals surface area contributed by atoms with Gasteiger partial charge in [0.15, 0.2) is 5.92 Å². The summed E-state index contributed by atoms with van der Waals surface area (Å²) in [6, 6.07) is 7.84. The van der Waals surface area contributed by atoms with Crippen molar-refractivity contribution in [3.8, 4) is 0 Å². The Kier molecular flexibility index (Phi) is 4.44. The minimum absolute atomic E-state index is 0.243. The molecular weight excluding hydrogens is 282 g/mol. The Morgan fingerprint density at radius 1 is 1.09 bits per heavy atom. The topological polar surface area (TPSA) is 55.8 Å². The molecule has 0 N–H and O–H groups in total. The number of hydrogen-bond donors (Lipinski definition) is 0. The fraction of sp³-hybridized carbons (Fsp3) is 0.529. The van der Waals surface area contributed by atoms with E-state index in [1.54, 1.807) is 13.8 Å². The second-order valence-electron chi connectivity index (χ2n) is 6.22. The lowest BCUT2D eigenvalue weighted by Crippen LogP contribution is -2.48. The van der Waals surface area contributed by atoms with Crippen LogP contribution >= 0.6 is 0 Å². The highest BCUT2D eigenvalue weighted by molar-refractivity contribution is 5.97. The Balaban J connectivity index is 2.28. The monoisotopic (exact) mass is 305 g/mol. The Morgan fingerprint density at radius 2 is 1.59 bits per heavy atom. The van der Waals surface area contributed by atoms with Crippen molar-refractivity contribution in [3.63, 3.8) is 0 Å². The van der Waals surface area contributed by atoms with Gasteiger partial charge in [-0.25, -0.2) is 0 Å². The SMILES string of the molecule is CC[C@H](c1ccc(N(C)C)cc1)C1C(=O)OC(C)(C)OC1=O. The predicted octanol–water partition coefficient (Wildman–Crippen LogP) is 2.70. The molecule has 0 amide bonds. The van der Waals surface area contributed by atoms with Crippen LogP contribution in [0.1, 0.15) is 38.7 Å². The van der Waals surface area contributed by atoms with Gasteiger partial charge < -0.3 is 14.4 Å². The molecule has 1 atom stereocenters. The minimum Gasteiger partial charge on any atom is -0.422 e. The van der Waals surface area contributed by atoms with Crippen molar-refractivity contribution in [1.29, 1.82) is 0 Å².